The van der Waals surface area contributed by atoms with Gasteiger partial charge in [-0.1, -0.05) is 6.08 Å². The summed E-state index contributed by atoms with van der Waals surface area (Å²) in [7, 11) is 0. The lowest BCUT2D eigenvalue weighted by atomic mass is 9.88. The average molecular weight is 401 g/mol. The highest BCUT2D eigenvalue weighted by Crippen LogP contribution is 2.29. The molecule has 1 aliphatic carbocycles. The number of pyridine rings is 1. The molecule has 1 saturated heterocycles. The van der Waals surface area contributed by atoms with E-state index in [4.69, 9.17) is 9.47 Å². The smallest absolute Gasteiger partial charge is 0.410 e. The summed E-state index contributed by atoms with van der Waals surface area (Å²) in [6.07, 6.45) is 9.29. The quantitative estimate of drug-likeness (QED) is 0.681. The first-order chi connectivity index (χ1) is 13.8. The molecule has 6 nitrogen and oxygen atoms in total. The van der Waals surface area contributed by atoms with Crippen LogP contribution < -0.4 is 4.74 Å². The maximum Gasteiger partial charge on any atom is 0.410 e. The second kappa shape index (κ2) is 9.42. The van der Waals surface area contributed by atoms with Gasteiger partial charge in [0.25, 0.3) is 0 Å². The number of amides is 1. The van der Waals surface area contributed by atoms with E-state index in [0.29, 0.717) is 31.5 Å². The number of piperidine rings is 1. The van der Waals surface area contributed by atoms with Crippen LogP contribution in [-0.2, 0) is 9.53 Å². The van der Waals surface area contributed by atoms with Crippen LogP contribution in [0.3, 0.4) is 0 Å². The number of hydrogen-bond donors (Lipinski definition) is 0. The number of nitrogens with zero attached hydrogens (tertiary/aromatic N) is 2. The molecule has 0 spiro atoms. The minimum absolute atomic E-state index is 0.163. The van der Waals surface area contributed by atoms with Crippen LogP contribution in [0.1, 0.15) is 58.4 Å². The summed E-state index contributed by atoms with van der Waals surface area (Å²) in [6, 6.07) is 3.96. The molecule has 1 amide bonds. The predicted molar refractivity (Wildman–Crippen MR) is 112 cm³/mol. The van der Waals surface area contributed by atoms with Crippen molar-refractivity contribution < 1.29 is 19.1 Å². The SMILES string of the molecule is CC(C)(C)OC(=O)N1CCC(COc2ccc(C3=CCC(C=O)CC3)cn2)CC1. The fourth-order valence-electron chi connectivity index (χ4n) is 3.71. The third-order valence-corrected chi connectivity index (χ3v) is 5.48. The van der Waals surface area contributed by atoms with Gasteiger partial charge in [0, 0.05) is 31.3 Å². The van der Waals surface area contributed by atoms with E-state index in [9.17, 15) is 9.59 Å². The van der Waals surface area contributed by atoms with E-state index < -0.39 is 5.60 Å². The van der Waals surface area contributed by atoms with Crippen molar-refractivity contribution in [3.8, 4) is 5.88 Å². The lowest BCUT2D eigenvalue weighted by molar-refractivity contribution is -0.111. The number of likely N-dealkylation sites (tertiary alicyclic amines) is 1. The normalized spacial score (nSPS) is 20.7. The van der Waals surface area contributed by atoms with Crippen LogP contribution in [0.2, 0.25) is 0 Å². The van der Waals surface area contributed by atoms with E-state index in [1.807, 2.05) is 39.1 Å². The maximum atomic E-state index is 12.1. The molecule has 0 saturated carbocycles. The second-order valence-electron chi connectivity index (χ2n) is 9.01. The molecule has 6 heteroatoms. The fourth-order valence-corrected chi connectivity index (χ4v) is 3.71. The van der Waals surface area contributed by atoms with Crippen molar-refractivity contribution in [1.29, 1.82) is 0 Å². The summed E-state index contributed by atoms with van der Waals surface area (Å²) in [6.45, 7) is 7.66. The van der Waals surface area contributed by atoms with E-state index in [2.05, 4.69) is 11.1 Å². The highest BCUT2D eigenvalue weighted by atomic mass is 16.6. The van der Waals surface area contributed by atoms with Crippen LogP contribution in [0.15, 0.2) is 24.4 Å². The van der Waals surface area contributed by atoms with E-state index in [1.165, 1.54) is 5.57 Å². The number of carbonyl (C=O) groups excluding carboxylic acids is 2. The zero-order valence-electron chi connectivity index (χ0n) is 17.7. The van der Waals surface area contributed by atoms with Crippen LogP contribution in [0.25, 0.3) is 5.57 Å². The van der Waals surface area contributed by atoms with Crippen LogP contribution >= 0.6 is 0 Å². The van der Waals surface area contributed by atoms with Gasteiger partial charge in [-0.05, 0) is 76.0 Å². The molecule has 0 aromatic carbocycles. The van der Waals surface area contributed by atoms with Gasteiger partial charge in [0.15, 0.2) is 0 Å². The highest BCUT2D eigenvalue weighted by molar-refractivity contribution is 5.68. The molecule has 1 fully saturated rings. The zero-order chi connectivity index (χ0) is 20.9. The Balaban J connectivity index is 1.43. The third kappa shape index (κ3) is 6.31. The van der Waals surface area contributed by atoms with Crippen molar-refractivity contribution in [2.24, 2.45) is 11.8 Å². The van der Waals surface area contributed by atoms with E-state index >= 15 is 0 Å². The molecule has 1 aliphatic heterocycles. The Morgan fingerprint density at radius 1 is 1.24 bits per heavy atom. The monoisotopic (exact) mass is 400 g/mol. The fraction of sp³-hybridized carbons (Fsp3) is 0.609. The molecule has 158 valence electrons. The molecular formula is C23H32N2O4. The molecule has 1 aromatic heterocycles. The van der Waals surface area contributed by atoms with E-state index in [1.54, 1.807) is 4.90 Å². The molecule has 2 heterocycles. The highest BCUT2D eigenvalue weighted by Gasteiger charge is 2.27. The molecular weight excluding hydrogens is 368 g/mol. The number of rotatable bonds is 5. The largest absolute Gasteiger partial charge is 0.477 e. The number of aldehydes is 1. The summed E-state index contributed by atoms with van der Waals surface area (Å²) in [4.78, 5) is 29.2. The van der Waals surface area contributed by atoms with Crippen molar-refractivity contribution >= 4 is 18.0 Å². The second-order valence-corrected chi connectivity index (χ2v) is 9.01. The minimum Gasteiger partial charge on any atom is -0.477 e. The van der Waals surface area contributed by atoms with Crippen LogP contribution in [0, 0.1) is 11.8 Å². The lowest BCUT2D eigenvalue weighted by Gasteiger charge is -2.33. The topological polar surface area (TPSA) is 68.7 Å². The lowest BCUT2D eigenvalue weighted by Crippen LogP contribution is -2.42. The number of aromatic nitrogens is 1. The zero-order valence-corrected chi connectivity index (χ0v) is 17.7. The van der Waals surface area contributed by atoms with Crippen molar-refractivity contribution in [1.82, 2.24) is 9.88 Å². The summed E-state index contributed by atoms with van der Waals surface area (Å²) in [5.74, 6) is 1.21. The average Bonchev–Trinajstić information content (AvgIpc) is 2.72. The van der Waals surface area contributed by atoms with Crippen LogP contribution in [-0.4, -0.2) is 47.6 Å². The van der Waals surface area contributed by atoms with Gasteiger partial charge in [0.2, 0.25) is 5.88 Å². The van der Waals surface area contributed by atoms with Gasteiger partial charge in [-0.2, -0.15) is 0 Å². The number of ether oxygens (including phenoxy) is 2. The van der Waals surface area contributed by atoms with Gasteiger partial charge in [-0.15, -0.1) is 0 Å². The number of carbonyl (C=O) groups is 2. The van der Waals surface area contributed by atoms with E-state index in [-0.39, 0.29) is 12.0 Å². The standard InChI is InChI=1S/C23H32N2O4/c1-23(2,3)29-22(27)25-12-10-18(11-13-25)16-28-21-9-8-20(14-24-21)19-6-4-17(15-26)5-7-19/h6,8-9,14-15,17-18H,4-5,7,10-13,16H2,1-3H3. The first-order valence-corrected chi connectivity index (χ1v) is 10.6. The third-order valence-electron chi connectivity index (χ3n) is 5.48. The summed E-state index contributed by atoms with van der Waals surface area (Å²) < 4.78 is 11.3. The molecule has 29 heavy (non-hydrogen) atoms. The van der Waals surface area contributed by atoms with Gasteiger partial charge in [-0.25, -0.2) is 9.78 Å². The Morgan fingerprint density at radius 2 is 2.00 bits per heavy atom. The molecule has 1 aromatic rings. The maximum absolute atomic E-state index is 12.1. The first kappa shape index (κ1) is 21.3. The summed E-state index contributed by atoms with van der Waals surface area (Å²) >= 11 is 0. The Labute approximate surface area is 173 Å². The van der Waals surface area contributed by atoms with Gasteiger partial charge in [-0.3, -0.25) is 0 Å². The Bertz CT molecular complexity index is 728. The molecule has 1 unspecified atom stereocenters. The van der Waals surface area contributed by atoms with E-state index in [0.717, 1.165) is 44.0 Å². The minimum atomic E-state index is -0.460. The van der Waals surface area contributed by atoms with Crippen LogP contribution in [0.4, 0.5) is 4.79 Å². The molecule has 0 N–H and O–H groups in total. The molecule has 0 radical (unpaired) electrons. The van der Waals surface area contributed by atoms with Gasteiger partial charge >= 0.3 is 6.09 Å². The predicted octanol–water partition coefficient (Wildman–Crippen LogP) is 4.49. The van der Waals surface area contributed by atoms with Crippen molar-refractivity contribution in [3.63, 3.8) is 0 Å². The summed E-state index contributed by atoms with van der Waals surface area (Å²) in [5.41, 5.74) is 1.91. The van der Waals surface area contributed by atoms with Gasteiger partial charge in [0.05, 0.1) is 6.61 Å². The summed E-state index contributed by atoms with van der Waals surface area (Å²) in [5, 5.41) is 0. The number of allylic oxidation sites excluding steroid dienone is 2. The molecule has 2 aliphatic rings. The van der Waals surface area contributed by atoms with Crippen molar-refractivity contribution in [2.45, 2.75) is 58.5 Å². The van der Waals surface area contributed by atoms with Crippen LogP contribution in [0.5, 0.6) is 5.88 Å². The first-order valence-electron chi connectivity index (χ1n) is 10.6. The Hall–Kier alpha value is -2.37. The van der Waals surface area contributed by atoms with Gasteiger partial charge in [0.1, 0.15) is 11.9 Å². The Morgan fingerprint density at radius 3 is 2.55 bits per heavy atom. The molecule has 3 rings (SSSR count). The molecule has 0 bridgehead atoms. The Kier molecular flexibility index (Phi) is 6.93. The van der Waals surface area contributed by atoms with Gasteiger partial charge < -0.3 is 19.2 Å². The number of hydrogen-bond acceptors (Lipinski definition) is 5. The molecule has 1 atom stereocenters. The van der Waals surface area contributed by atoms with Crippen molar-refractivity contribution in [3.05, 3.63) is 30.0 Å². The van der Waals surface area contributed by atoms with Crippen molar-refractivity contribution in [2.75, 3.05) is 19.7 Å².